The third-order valence-electron chi connectivity index (χ3n) is 10.6. The van der Waals surface area contributed by atoms with Crippen molar-refractivity contribution in [1.29, 1.82) is 0 Å². The standard InChI is InChI=1S/C56H92NO10P/c1-3-5-7-9-11-13-15-17-19-21-23-25-26-28-29-31-33-35-37-39-41-43-45-47-54(59)57-53(56(61)62)51-67-68(63,64)66-50-52(58)49-65-55(60)48-46-44-42-40-38-36-34-32-30-27-24-22-20-18-16-14-12-10-8-6-4-2/h6,8,11-14,17-20,24,27,32,34,38,40,44,46,52-53,58H,3-5,7,9-10,15-16,21-23,25-26,28-31,33,35-37,39,41-43,45,47-51H2,1-2H3,(H,57,59)(H,61,62)(H,63,64)/b8-6-,13-11-,14-12-,19-17-,20-18-,27-24-,34-32-,40-38-,46-44-. The number of rotatable bonds is 47. The van der Waals surface area contributed by atoms with E-state index in [1.165, 1.54) is 89.9 Å². The topological polar surface area (TPSA) is 169 Å². The van der Waals surface area contributed by atoms with Crippen molar-refractivity contribution in [2.75, 3.05) is 19.8 Å². The van der Waals surface area contributed by atoms with Crippen molar-refractivity contribution < 1.29 is 47.8 Å². The number of carbonyl (C=O) groups excluding carboxylic acids is 2. The Bertz CT molecular complexity index is 1560. The number of hydrogen-bond donors (Lipinski definition) is 4. The van der Waals surface area contributed by atoms with E-state index in [0.717, 1.165) is 64.2 Å². The number of hydrogen-bond acceptors (Lipinski definition) is 8. The second-order valence-corrected chi connectivity index (χ2v) is 18.4. The van der Waals surface area contributed by atoms with E-state index in [9.17, 15) is 34.1 Å². The maximum absolute atomic E-state index is 12.4. The average Bonchev–Trinajstić information content (AvgIpc) is 3.32. The summed E-state index contributed by atoms with van der Waals surface area (Å²) < 4.78 is 26.8. The number of amides is 1. The number of allylic oxidation sites excluding steroid dienone is 17. The molecule has 0 aliphatic heterocycles. The molecule has 0 aromatic carbocycles. The lowest BCUT2D eigenvalue weighted by Crippen LogP contribution is -2.43. The molecule has 3 atom stereocenters. The fourth-order valence-electron chi connectivity index (χ4n) is 6.61. The number of nitrogens with one attached hydrogen (secondary N) is 1. The van der Waals surface area contributed by atoms with Crippen molar-refractivity contribution >= 4 is 25.7 Å². The quantitative estimate of drug-likeness (QED) is 0.0199. The molecule has 3 unspecified atom stereocenters. The highest BCUT2D eigenvalue weighted by atomic mass is 31.2. The Kier molecular flexibility index (Phi) is 46.7. The normalized spacial score (nSPS) is 14.4. The number of ether oxygens (including phenoxy) is 1. The van der Waals surface area contributed by atoms with Gasteiger partial charge in [-0.1, -0.05) is 207 Å². The maximum Gasteiger partial charge on any atom is 0.472 e. The second-order valence-electron chi connectivity index (χ2n) is 17.0. The molecule has 0 radical (unpaired) electrons. The number of aliphatic carboxylic acids is 1. The van der Waals surface area contributed by atoms with Gasteiger partial charge in [-0.2, -0.15) is 0 Å². The monoisotopic (exact) mass is 970 g/mol. The molecule has 68 heavy (non-hydrogen) atoms. The van der Waals surface area contributed by atoms with Gasteiger partial charge in [0, 0.05) is 6.42 Å². The van der Waals surface area contributed by atoms with E-state index < -0.39 is 57.6 Å². The van der Waals surface area contributed by atoms with E-state index in [0.29, 0.717) is 12.8 Å². The largest absolute Gasteiger partial charge is 0.480 e. The molecule has 11 nitrogen and oxygen atoms in total. The number of unbranched alkanes of at least 4 members (excludes halogenated alkanes) is 16. The molecular formula is C56H92NO10P. The van der Waals surface area contributed by atoms with Gasteiger partial charge in [0.1, 0.15) is 12.7 Å². The second kappa shape index (κ2) is 49.6. The Hall–Kier alpha value is -3.86. The van der Waals surface area contributed by atoms with Crippen molar-refractivity contribution in [2.45, 2.75) is 206 Å². The summed E-state index contributed by atoms with van der Waals surface area (Å²) in [7, 11) is -4.79. The van der Waals surface area contributed by atoms with Crippen LogP contribution in [0.15, 0.2) is 109 Å². The zero-order valence-electron chi connectivity index (χ0n) is 42.1. The number of carboxylic acids is 1. The number of carbonyl (C=O) groups is 3. The van der Waals surface area contributed by atoms with Crippen LogP contribution in [0.25, 0.3) is 0 Å². The summed E-state index contributed by atoms with van der Waals surface area (Å²) in [5.74, 6) is -2.52. The molecule has 0 aromatic rings. The van der Waals surface area contributed by atoms with Crippen LogP contribution in [-0.4, -0.2) is 64.9 Å². The van der Waals surface area contributed by atoms with Crippen molar-refractivity contribution in [3.8, 4) is 0 Å². The van der Waals surface area contributed by atoms with E-state index in [1.807, 2.05) is 18.2 Å². The van der Waals surface area contributed by atoms with Gasteiger partial charge in [0.2, 0.25) is 5.91 Å². The first kappa shape index (κ1) is 64.1. The first-order chi connectivity index (χ1) is 33.1. The highest BCUT2D eigenvalue weighted by Gasteiger charge is 2.28. The zero-order valence-corrected chi connectivity index (χ0v) is 43.0. The molecule has 0 aliphatic carbocycles. The predicted octanol–water partition coefficient (Wildman–Crippen LogP) is 14.6. The van der Waals surface area contributed by atoms with Crippen LogP contribution < -0.4 is 5.32 Å². The Balaban J connectivity index is 3.94. The number of phosphoric ester groups is 1. The molecule has 0 heterocycles. The first-order valence-corrected chi connectivity index (χ1v) is 27.4. The van der Waals surface area contributed by atoms with Crippen molar-refractivity contribution in [3.63, 3.8) is 0 Å². The van der Waals surface area contributed by atoms with Gasteiger partial charge in [0.05, 0.1) is 19.6 Å². The minimum absolute atomic E-state index is 0.0162. The summed E-state index contributed by atoms with van der Waals surface area (Å²) in [5.41, 5.74) is 0. The summed E-state index contributed by atoms with van der Waals surface area (Å²) in [5, 5.41) is 21.9. The van der Waals surface area contributed by atoms with Gasteiger partial charge in [-0.25, -0.2) is 9.36 Å². The number of aliphatic hydroxyl groups is 1. The van der Waals surface area contributed by atoms with Gasteiger partial charge >= 0.3 is 19.8 Å². The lowest BCUT2D eigenvalue weighted by molar-refractivity contribution is -0.146. The van der Waals surface area contributed by atoms with Crippen molar-refractivity contribution in [1.82, 2.24) is 5.32 Å². The highest BCUT2D eigenvalue weighted by molar-refractivity contribution is 7.47. The number of esters is 1. The molecule has 0 saturated carbocycles. The third kappa shape index (κ3) is 48.6. The Morgan fingerprint density at radius 1 is 0.500 bits per heavy atom. The lowest BCUT2D eigenvalue weighted by atomic mass is 10.0. The minimum atomic E-state index is -4.79. The molecule has 1 amide bonds. The van der Waals surface area contributed by atoms with E-state index >= 15 is 0 Å². The van der Waals surface area contributed by atoms with Gasteiger partial charge in [0.25, 0.3) is 0 Å². The Morgan fingerprint density at radius 3 is 1.32 bits per heavy atom. The predicted molar refractivity (Wildman–Crippen MR) is 281 cm³/mol. The Morgan fingerprint density at radius 2 is 0.882 bits per heavy atom. The van der Waals surface area contributed by atoms with E-state index in [-0.39, 0.29) is 12.8 Å². The fraction of sp³-hybridized carbons (Fsp3) is 0.625. The van der Waals surface area contributed by atoms with Crippen molar-refractivity contribution in [2.24, 2.45) is 0 Å². The summed E-state index contributed by atoms with van der Waals surface area (Å²) in [4.78, 5) is 46.1. The lowest BCUT2D eigenvalue weighted by Gasteiger charge is -2.18. The summed E-state index contributed by atoms with van der Waals surface area (Å²) in [6, 6.07) is -1.57. The van der Waals surface area contributed by atoms with Crippen LogP contribution in [-0.2, 0) is 32.7 Å². The molecule has 0 rings (SSSR count). The summed E-state index contributed by atoms with van der Waals surface area (Å²) >= 11 is 0. The van der Waals surface area contributed by atoms with Crippen LogP contribution in [0.5, 0.6) is 0 Å². The molecule has 0 spiro atoms. The van der Waals surface area contributed by atoms with Crippen molar-refractivity contribution in [3.05, 3.63) is 109 Å². The molecule has 0 aromatic heterocycles. The summed E-state index contributed by atoms with van der Waals surface area (Å²) in [6.07, 6.45) is 65.6. The molecule has 386 valence electrons. The molecule has 0 fully saturated rings. The minimum Gasteiger partial charge on any atom is -0.480 e. The van der Waals surface area contributed by atoms with E-state index in [1.54, 1.807) is 6.08 Å². The number of aliphatic hydroxyl groups excluding tert-OH is 1. The number of phosphoric acid groups is 1. The maximum atomic E-state index is 12.4. The Labute approximate surface area is 412 Å². The molecular weight excluding hydrogens is 878 g/mol. The van der Waals surface area contributed by atoms with Crippen LogP contribution >= 0.6 is 7.82 Å². The molecule has 0 saturated heterocycles. The van der Waals surface area contributed by atoms with Gasteiger partial charge in [-0.05, 0) is 83.5 Å². The molecule has 0 aliphatic rings. The van der Waals surface area contributed by atoms with Gasteiger partial charge in [0.15, 0.2) is 6.04 Å². The third-order valence-corrected chi connectivity index (χ3v) is 11.5. The number of carboxylic acid groups (broad SMARTS) is 1. The van der Waals surface area contributed by atoms with Crippen LogP contribution in [0.1, 0.15) is 194 Å². The van der Waals surface area contributed by atoms with Gasteiger partial charge in [-0.15, -0.1) is 0 Å². The first-order valence-electron chi connectivity index (χ1n) is 25.9. The highest BCUT2D eigenvalue weighted by Crippen LogP contribution is 2.43. The van der Waals surface area contributed by atoms with Crippen LogP contribution in [0.4, 0.5) is 0 Å². The smallest absolute Gasteiger partial charge is 0.472 e. The zero-order chi connectivity index (χ0) is 49.9. The fourth-order valence-corrected chi connectivity index (χ4v) is 7.38. The molecule has 12 heteroatoms. The summed E-state index contributed by atoms with van der Waals surface area (Å²) in [6.45, 7) is 2.36. The van der Waals surface area contributed by atoms with E-state index in [4.69, 9.17) is 13.8 Å². The van der Waals surface area contributed by atoms with Crippen LogP contribution in [0, 0.1) is 0 Å². The molecule has 0 bridgehead atoms. The van der Waals surface area contributed by atoms with E-state index in [2.05, 4.69) is 104 Å². The van der Waals surface area contributed by atoms with Crippen LogP contribution in [0.3, 0.4) is 0 Å². The van der Waals surface area contributed by atoms with Crippen LogP contribution in [0.2, 0.25) is 0 Å². The van der Waals surface area contributed by atoms with Gasteiger partial charge < -0.3 is 25.2 Å². The molecule has 4 N–H and O–H groups in total. The van der Waals surface area contributed by atoms with Gasteiger partial charge in [-0.3, -0.25) is 18.6 Å². The average molecular weight is 970 g/mol. The SMILES string of the molecule is CC/C=C\C/C=C\C/C=C\C/C=C\C/C=C\C/C=C\C/C=C\CC(=O)OCC(O)COP(=O)(O)OCC(NC(=O)CCCCCCCCCCCCCCC/C=C\C/C=C\CCCCC)C(=O)O.